The fourth-order valence-corrected chi connectivity index (χ4v) is 1.55. The molecule has 1 heterocycles. The highest BCUT2D eigenvalue weighted by molar-refractivity contribution is 9.10. The molecule has 0 unspecified atom stereocenters. The minimum Gasteiger partial charge on any atom is -0.424 e. The van der Waals surface area contributed by atoms with Crippen molar-refractivity contribution in [3.05, 3.63) is 28.5 Å². The number of anilines is 2. The Morgan fingerprint density at radius 1 is 1.30 bits per heavy atom. The Morgan fingerprint density at radius 2 is 2.05 bits per heavy atom. The quantitative estimate of drug-likeness (QED) is 0.648. The van der Waals surface area contributed by atoms with E-state index < -0.39 is 5.82 Å². The van der Waals surface area contributed by atoms with Gasteiger partial charge in [0.2, 0.25) is 11.9 Å². The first-order valence-electron chi connectivity index (χ1n) is 5.52. The van der Waals surface area contributed by atoms with Crippen LogP contribution >= 0.6 is 15.9 Å². The Kier molecular flexibility index (Phi) is 4.30. The summed E-state index contributed by atoms with van der Waals surface area (Å²) in [4.78, 5) is 13.7. The molecule has 1 aromatic heterocycles. The third-order valence-electron chi connectivity index (χ3n) is 2.23. The molecule has 20 heavy (non-hydrogen) atoms. The maximum absolute atomic E-state index is 13.4. The van der Waals surface area contributed by atoms with E-state index in [0.717, 1.165) is 0 Å². The minimum atomic E-state index is -0.443. The van der Waals surface area contributed by atoms with Crippen LogP contribution in [0.4, 0.5) is 16.3 Å². The lowest BCUT2D eigenvalue weighted by Gasteiger charge is -2.12. The largest absolute Gasteiger partial charge is 0.424 e. The molecule has 0 fully saturated rings. The van der Waals surface area contributed by atoms with Gasteiger partial charge in [-0.15, -0.1) is 0 Å². The van der Waals surface area contributed by atoms with Crippen LogP contribution in [0.3, 0.4) is 0 Å². The highest BCUT2D eigenvalue weighted by Gasteiger charge is 2.10. The Morgan fingerprint density at radius 3 is 2.65 bits per heavy atom. The van der Waals surface area contributed by atoms with Gasteiger partial charge < -0.3 is 9.64 Å². The van der Waals surface area contributed by atoms with Crippen molar-refractivity contribution in [1.29, 1.82) is 0 Å². The summed E-state index contributed by atoms with van der Waals surface area (Å²) in [6.45, 7) is 0. The van der Waals surface area contributed by atoms with Gasteiger partial charge in [-0.2, -0.15) is 15.0 Å². The predicted molar refractivity (Wildman–Crippen MR) is 76.1 cm³/mol. The number of rotatable bonds is 4. The number of nitrogens with zero attached hydrogens (tertiary/aromatic N) is 4. The third-order valence-corrected chi connectivity index (χ3v) is 2.88. The summed E-state index contributed by atoms with van der Waals surface area (Å²) >= 11 is 3.06. The molecular weight excluding hydrogens is 331 g/mol. The standard InChI is InChI=1S/C11H12BrFN6O/c1-19(2)10-15-9(18-14)16-11(17-10)20-6-3-4-7(12)8(13)5-6/h3-5H,14H2,1-2H3,(H,15,16,17,18). The molecule has 0 saturated carbocycles. The highest BCUT2D eigenvalue weighted by Crippen LogP contribution is 2.24. The molecule has 0 bridgehead atoms. The summed E-state index contributed by atoms with van der Waals surface area (Å²) in [5, 5.41) is 0. The Hall–Kier alpha value is -2.00. The Balaban J connectivity index is 2.32. The van der Waals surface area contributed by atoms with Crippen molar-refractivity contribution in [1.82, 2.24) is 15.0 Å². The summed E-state index contributed by atoms with van der Waals surface area (Å²) in [5.41, 5.74) is 2.32. The zero-order valence-electron chi connectivity index (χ0n) is 10.8. The maximum Gasteiger partial charge on any atom is 0.328 e. The van der Waals surface area contributed by atoms with Crippen LogP contribution in [-0.4, -0.2) is 29.0 Å². The lowest BCUT2D eigenvalue weighted by molar-refractivity contribution is 0.436. The fraction of sp³-hybridized carbons (Fsp3) is 0.182. The fourth-order valence-electron chi connectivity index (χ4n) is 1.30. The zero-order chi connectivity index (χ0) is 14.7. The van der Waals surface area contributed by atoms with E-state index in [-0.39, 0.29) is 17.7 Å². The minimum absolute atomic E-state index is 0.0124. The SMILES string of the molecule is CN(C)c1nc(NN)nc(Oc2ccc(Br)c(F)c2)n1. The molecule has 9 heteroatoms. The Labute approximate surface area is 123 Å². The molecule has 0 atom stereocenters. The number of nitrogens with one attached hydrogen (secondary N) is 1. The van der Waals surface area contributed by atoms with E-state index in [1.807, 2.05) is 0 Å². The van der Waals surface area contributed by atoms with Gasteiger partial charge in [-0.05, 0) is 28.1 Å². The molecule has 2 aromatic rings. The van der Waals surface area contributed by atoms with Crippen LogP contribution in [0.15, 0.2) is 22.7 Å². The number of hydrogen-bond acceptors (Lipinski definition) is 7. The summed E-state index contributed by atoms with van der Waals surface area (Å²) in [5.74, 6) is 5.62. The second kappa shape index (κ2) is 5.97. The average molecular weight is 343 g/mol. The van der Waals surface area contributed by atoms with Crippen molar-refractivity contribution in [3.8, 4) is 11.8 Å². The number of hydrazine groups is 1. The molecule has 0 radical (unpaired) electrons. The normalized spacial score (nSPS) is 10.2. The molecule has 2 rings (SSSR count). The van der Waals surface area contributed by atoms with Gasteiger partial charge in [0, 0.05) is 20.2 Å². The van der Waals surface area contributed by atoms with Crippen LogP contribution in [0.1, 0.15) is 0 Å². The topological polar surface area (TPSA) is 89.2 Å². The summed E-state index contributed by atoms with van der Waals surface area (Å²) in [6, 6.07) is 4.35. The van der Waals surface area contributed by atoms with Gasteiger partial charge in [0.25, 0.3) is 0 Å². The highest BCUT2D eigenvalue weighted by atomic mass is 79.9. The van der Waals surface area contributed by atoms with Crippen molar-refractivity contribution in [2.24, 2.45) is 5.84 Å². The second-order valence-electron chi connectivity index (χ2n) is 3.96. The number of ether oxygens (including phenoxy) is 1. The molecule has 7 nitrogen and oxygen atoms in total. The molecule has 106 valence electrons. The van der Waals surface area contributed by atoms with Crippen molar-refractivity contribution in [2.75, 3.05) is 24.4 Å². The van der Waals surface area contributed by atoms with Gasteiger partial charge in [0.05, 0.1) is 4.47 Å². The van der Waals surface area contributed by atoms with Crippen molar-refractivity contribution < 1.29 is 9.13 Å². The van der Waals surface area contributed by atoms with Gasteiger partial charge in [-0.25, -0.2) is 10.2 Å². The first kappa shape index (κ1) is 14.4. The maximum atomic E-state index is 13.4. The summed E-state index contributed by atoms with van der Waals surface area (Å²) in [7, 11) is 3.53. The number of benzene rings is 1. The molecule has 3 N–H and O–H groups in total. The molecule has 0 spiro atoms. The Bertz CT molecular complexity index is 624. The summed E-state index contributed by atoms with van der Waals surface area (Å²) in [6.07, 6.45) is 0. The molecular formula is C11H12BrFN6O. The smallest absolute Gasteiger partial charge is 0.328 e. The summed E-state index contributed by atoms with van der Waals surface area (Å²) < 4.78 is 19.2. The van der Waals surface area contributed by atoms with E-state index in [9.17, 15) is 4.39 Å². The van der Waals surface area contributed by atoms with E-state index in [4.69, 9.17) is 10.6 Å². The predicted octanol–water partition coefficient (Wildman–Crippen LogP) is 1.92. The molecule has 0 aliphatic heterocycles. The van der Waals surface area contributed by atoms with Crippen molar-refractivity contribution in [2.45, 2.75) is 0 Å². The van der Waals surface area contributed by atoms with Crippen LogP contribution in [0, 0.1) is 5.82 Å². The molecule has 0 aliphatic carbocycles. The number of nitrogen functional groups attached to an aromatic ring is 1. The van der Waals surface area contributed by atoms with Crippen molar-refractivity contribution >= 4 is 27.8 Å². The van der Waals surface area contributed by atoms with Crippen LogP contribution in [0.2, 0.25) is 0 Å². The van der Waals surface area contributed by atoms with Crippen LogP contribution in [-0.2, 0) is 0 Å². The van der Waals surface area contributed by atoms with Gasteiger partial charge >= 0.3 is 6.01 Å². The molecule has 0 aliphatic rings. The van der Waals surface area contributed by atoms with Gasteiger partial charge in [0.15, 0.2) is 0 Å². The van der Waals surface area contributed by atoms with Crippen molar-refractivity contribution in [3.63, 3.8) is 0 Å². The molecule has 0 amide bonds. The first-order chi connectivity index (χ1) is 9.49. The third kappa shape index (κ3) is 3.31. The number of halogens is 2. The average Bonchev–Trinajstić information content (AvgIpc) is 2.42. The van der Waals surface area contributed by atoms with E-state index in [1.54, 1.807) is 25.1 Å². The lowest BCUT2D eigenvalue weighted by Crippen LogP contribution is -2.17. The number of aromatic nitrogens is 3. The monoisotopic (exact) mass is 342 g/mol. The first-order valence-corrected chi connectivity index (χ1v) is 6.32. The second-order valence-corrected chi connectivity index (χ2v) is 4.81. The van der Waals surface area contributed by atoms with Crippen LogP contribution in [0.5, 0.6) is 11.8 Å². The van der Waals surface area contributed by atoms with Gasteiger partial charge in [-0.1, -0.05) is 0 Å². The molecule has 1 aromatic carbocycles. The number of nitrogens with two attached hydrogens (primary N) is 1. The van der Waals surface area contributed by atoms with Gasteiger partial charge in [0.1, 0.15) is 11.6 Å². The van der Waals surface area contributed by atoms with E-state index in [0.29, 0.717) is 10.4 Å². The lowest BCUT2D eigenvalue weighted by atomic mass is 10.3. The van der Waals surface area contributed by atoms with Crippen LogP contribution < -0.4 is 20.9 Å². The van der Waals surface area contributed by atoms with Gasteiger partial charge in [-0.3, -0.25) is 5.43 Å². The zero-order valence-corrected chi connectivity index (χ0v) is 12.3. The van der Waals surface area contributed by atoms with E-state index in [1.165, 1.54) is 12.1 Å². The van der Waals surface area contributed by atoms with E-state index in [2.05, 4.69) is 36.3 Å². The van der Waals surface area contributed by atoms with E-state index >= 15 is 0 Å². The molecule has 0 saturated heterocycles. The number of hydrogen-bond donors (Lipinski definition) is 2. The van der Waals surface area contributed by atoms with Crippen LogP contribution in [0.25, 0.3) is 0 Å².